The number of hydrogen-bond donors (Lipinski definition) is 1. The van der Waals surface area contributed by atoms with Crippen LogP contribution in [0.1, 0.15) is 17.8 Å². The lowest BCUT2D eigenvalue weighted by Gasteiger charge is -2.31. The summed E-state index contributed by atoms with van der Waals surface area (Å²) in [6.07, 6.45) is 3.15. The first kappa shape index (κ1) is 16.6. The van der Waals surface area contributed by atoms with Crippen LogP contribution in [0.4, 0.5) is 10.9 Å². The number of piperidine rings is 1. The molecule has 1 aliphatic rings. The standard InChI is InChI=1S/C17H18N6O2S/c1-11-19-22-17(26-11)18-16(24)12-6-8-23(9-7-12)15-5-4-13(20-21-15)14-3-2-10-25-14/h2-5,10,12H,6-9H2,1H3,(H,18,22,24). The first-order valence-corrected chi connectivity index (χ1v) is 9.24. The molecule has 0 unspecified atom stereocenters. The Bertz CT molecular complexity index is 869. The molecule has 4 rings (SSSR count). The lowest BCUT2D eigenvalue weighted by Crippen LogP contribution is -2.38. The van der Waals surface area contributed by atoms with Gasteiger partial charge in [-0.05, 0) is 44.0 Å². The van der Waals surface area contributed by atoms with E-state index in [1.807, 2.05) is 31.2 Å². The normalized spacial score (nSPS) is 15.2. The summed E-state index contributed by atoms with van der Waals surface area (Å²) in [4.78, 5) is 14.5. The molecule has 26 heavy (non-hydrogen) atoms. The van der Waals surface area contributed by atoms with E-state index in [-0.39, 0.29) is 11.8 Å². The molecule has 0 atom stereocenters. The fourth-order valence-corrected chi connectivity index (χ4v) is 3.57. The Morgan fingerprint density at radius 1 is 1.19 bits per heavy atom. The Morgan fingerprint density at radius 2 is 2.04 bits per heavy atom. The second-order valence-electron chi connectivity index (χ2n) is 6.13. The van der Waals surface area contributed by atoms with Crippen molar-refractivity contribution >= 4 is 28.2 Å². The van der Waals surface area contributed by atoms with Gasteiger partial charge in [-0.15, -0.1) is 20.4 Å². The van der Waals surface area contributed by atoms with Gasteiger partial charge in [-0.1, -0.05) is 11.3 Å². The summed E-state index contributed by atoms with van der Waals surface area (Å²) in [7, 11) is 0. The molecule has 134 valence electrons. The van der Waals surface area contributed by atoms with Crippen LogP contribution in [0.2, 0.25) is 0 Å². The number of nitrogens with one attached hydrogen (secondary N) is 1. The maximum Gasteiger partial charge on any atom is 0.229 e. The Balaban J connectivity index is 1.33. The Kier molecular flexibility index (Phi) is 4.61. The number of aryl methyl sites for hydroxylation is 1. The SMILES string of the molecule is Cc1nnc(NC(=O)C2CCN(c3ccc(-c4ccco4)nn3)CC2)s1. The average Bonchev–Trinajstić information content (AvgIpc) is 3.34. The number of aromatic nitrogens is 4. The van der Waals surface area contributed by atoms with Crippen LogP contribution in [0.15, 0.2) is 34.9 Å². The van der Waals surface area contributed by atoms with Gasteiger partial charge in [0.25, 0.3) is 0 Å². The molecular formula is C17H18N6O2S. The van der Waals surface area contributed by atoms with E-state index >= 15 is 0 Å². The van der Waals surface area contributed by atoms with Crippen molar-refractivity contribution in [3.63, 3.8) is 0 Å². The van der Waals surface area contributed by atoms with Gasteiger partial charge in [0.2, 0.25) is 11.0 Å². The van der Waals surface area contributed by atoms with Gasteiger partial charge in [-0.25, -0.2) is 0 Å². The van der Waals surface area contributed by atoms with Gasteiger partial charge in [-0.3, -0.25) is 4.79 Å². The monoisotopic (exact) mass is 370 g/mol. The van der Waals surface area contributed by atoms with Gasteiger partial charge in [-0.2, -0.15) is 0 Å². The van der Waals surface area contributed by atoms with Gasteiger partial charge >= 0.3 is 0 Å². The molecule has 1 amide bonds. The molecular weight excluding hydrogens is 352 g/mol. The quantitative estimate of drug-likeness (QED) is 0.754. The number of amides is 1. The third kappa shape index (κ3) is 3.57. The number of hydrogen-bond acceptors (Lipinski definition) is 8. The summed E-state index contributed by atoms with van der Waals surface area (Å²) >= 11 is 1.39. The molecule has 4 heterocycles. The van der Waals surface area contributed by atoms with Crippen molar-refractivity contribution < 1.29 is 9.21 Å². The molecule has 0 saturated carbocycles. The smallest absolute Gasteiger partial charge is 0.229 e. The van der Waals surface area contributed by atoms with Crippen molar-refractivity contribution in [3.05, 3.63) is 35.5 Å². The van der Waals surface area contributed by atoms with Crippen LogP contribution in [0.5, 0.6) is 0 Å². The van der Waals surface area contributed by atoms with Crippen LogP contribution >= 0.6 is 11.3 Å². The number of anilines is 2. The second-order valence-corrected chi connectivity index (χ2v) is 7.31. The first-order chi connectivity index (χ1) is 12.7. The molecule has 9 heteroatoms. The van der Waals surface area contributed by atoms with E-state index in [1.165, 1.54) is 11.3 Å². The average molecular weight is 370 g/mol. The molecule has 0 spiro atoms. The minimum absolute atomic E-state index is 0.0139. The minimum Gasteiger partial charge on any atom is -0.463 e. The molecule has 3 aromatic heterocycles. The zero-order chi connectivity index (χ0) is 17.9. The van der Waals surface area contributed by atoms with Crippen molar-refractivity contribution in [3.8, 4) is 11.5 Å². The number of carbonyl (C=O) groups is 1. The van der Waals surface area contributed by atoms with Crippen molar-refractivity contribution in [2.75, 3.05) is 23.3 Å². The van der Waals surface area contributed by atoms with Gasteiger partial charge < -0.3 is 14.6 Å². The van der Waals surface area contributed by atoms with E-state index in [9.17, 15) is 4.79 Å². The minimum atomic E-state index is -0.0224. The second kappa shape index (κ2) is 7.20. The summed E-state index contributed by atoms with van der Waals surface area (Å²) in [6, 6.07) is 7.52. The van der Waals surface area contributed by atoms with E-state index in [1.54, 1.807) is 6.26 Å². The van der Waals surface area contributed by atoms with Crippen molar-refractivity contribution in [2.45, 2.75) is 19.8 Å². The number of furan rings is 1. The summed E-state index contributed by atoms with van der Waals surface area (Å²) < 4.78 is 5.33. The molecule has 0 aromatic carbocycles. The highest BCUT2D eigenvalue weighted by Crippen LogP contribution is 2.25. The van der Waals surface area contributed by atoms with Gasteiger partial charge in [0.15, 0.2) is 11.6 Å². The Labute approximate surface area is 154 Å². The topological polar surface area (TPSA) is 97.0 Å². The summed E-state index contributed by atoms with van der Waals surface area (Å²) in [5.74, 6) is 1.51. The molecule has 1 fully saturated rings. The maximum absolute atomic E-state index is 12.4. The highest BCUT2D eigenvalue weighted by molar-refractivity contribution is 7.15. The maximum atomic E-state index is 12.4. The van der Waals surface area contributed by atoms with Gasteiger partial charge in [0.05, 0.1) is 6.26 Å². The molecule has 1 saturated heterocycles. The number of rotatable bonds is 4. The van der Waals surface area contributed by atoms with E-state index in [0.29, 0.717) is 16.6 Å². The third-order valence-electron chi connectivity index (χ3n) is 4.37. The molecule has 1 N–H and O–H groups in total. The number of carbonyl (C=O) groups excluding carboxylic acids is 1. The molecule has 0 aliphatic carbocycles. The van der Waals surface area contributed by atoms with Gasteiger partial charge in [0.1, 0.15) is 10.7 Å². The molecule has 0 bridgehead atoms. The summed E-state index contributed by atoms with van der Waals surface area (Å²) in [5.41, 5.74) is 0.709. The molecule has 3 aromatic rings. The molecule has 0 radical (unpaired) electrons. The highest BCUT2D eigenvalue weighted by atomic mass is 32.1. The number of nitrogens with zero attached hydrogens (tertiary/aromatic N) is 5. The van der Waals surface area contributed by atoms with E-state index in [4.69, 9.17) is 4.42 Å². The van der Waals surface area contributed by atoms with E-state index in [0.717, 1.165) is 36.8 Å². The Hall–Kier alpha value is -2.81. The summed E-state index contributed by atoms with van der Waals surface area (Å²) in [6.45, 7) is 3.40. The van der Waals surface area contributed by atoms with Crippen LogP contribution < -0.4 is 10.2 Å². The van der Waals surface area contributed by atoms with Crippen LogP contribution in [-0.2, 0) is 4.79 Å². The highest BCUT2D eigenvalue weighted by Gasteiger charge is 2.26. The zero-order valence-corrected chi connectivity index (χ0v) is 15.1. The predicted octanol–water partition coefficient (Wildman–Crippen LogP) is 2.75. The van der Waals surface area contributed by atoms with Gasteiger partial charge in [0, 0.05) is 19.0 Å². The van der Waals surface area contributed by atoms with Crippen molar-refractivity contribution in [1.29, 1.82) is 0 Å². The predicted molar refractivity (Wildman–Crippen MR) is 97.9 cm³/mol. The van der Waals surface area contributed by atoms with E-state index < -0.39 is 0 Å². The third-order valence-corrected chi connectivity index (χ3v) is 5.12. The van der Waals surface area contributed by atoms with Crippen LogP contribution in [0.3, 0.4) is 0 Å². The van der Waals surface area contributed by atoms with Crippen molar-refractivity contribution in [1.82, 2.24) is 20.4 Å². The van der Waals surface area contributed by atoms with Crippen LogP contribution in [0, 0.1) is 12.8 Å². The fraction of sp³-hybridized carbons (Fsp3) is 0.353. The zero-order valence-electron chi connectivity index (χ0n) is 14.3. The van der Waals surface area contributed by atoms with Crippen LogP contribution in [0.25, 0.3) is 11.5 Å². The largest absolute Gasteiger partial charge is 0.463 e. The van der Waals surface area contributed by atoms with Crippen molar-refractivity contribution in [2.24, 2.45) is 5.92 Å². The molecule has 1 aliphatic heterocycles. The lowest BCUT2D eigenvalue weighted by molar-refractivity contribution is -0.120. The van der Waals surface area contributed by atoms with E-state index in [2.05, 4.69) is 30.6 Å². The first-order valence-electron chi connectivity index (χ1n) is 8.42. The fourth-order valence-electron chi connectivity index (χ4n) is 2.97. The Morgan fingerprint density at radius 3 is 2.65 bits per heavy atom. The van der Waals surface area contributed by atoms with Crippen LogP contribution in [-0.4, -0.2) is 39.4 Å². The summed E-state index contributed by atoms with van der Waals surface area (Å²) in [5, 5.41) is 20.6. The molecule has 8 nitrogen and oxygen atoms in total. The lowest BCUT2D eigenvalue weighted by atomic mass is 9.96.